The minimum atomic E-state index is -3.57. The molecule has 12 nitrogen and oxygen atoms in total. The van der Waals surface area contributed by atoms with Crippen LogP contribution >= 0.6 is 7.44 Å². The number of anilines is 1. The predicted octanol–water partition coefficient (Wildman–Crippen LogP) is 2.64. The second-order valence-electron chi connectivity index (χ2n) is 8.80. The quantitative estimate of drug-likeness (QED) is 0.284. The number of benzene rings is 1. The molecule has 0 aliphatic heterocycles. The second kappa shape index (κ2) is 10.5. The van der Waals surface area contributed by atoms with Crippen LogP contribution in [0.2, 0.25) is 0 Å². The number of nitrogens with one attached hydrogen (secondary N) is 2. The number of nitriles is 1. The van der Waals surface area contributed by atoms with E-state index in [4.69, 9.17) is 15.7 Å². The molecule has 0 radical (unpaired) electrons. The number of aromatic nitrogens is 4. The van der Waals surface area contributed by atoms with Crippen molar-refractivity contribution in [2.24, 2.45) is 0 Å². The molecule has 5 N–H and O–H groups in total. The van der Waals surface area contributed by atoms with Gasteiger partial charge in [-0.3, -0.25) is 9.36 Å². The molecular weight excluding hydrogens is 471 g/mol. The fraction of sp³-hybridized carbons (Fsp3) is 0.409. The second-order valence-corrected chi connectivity index (χ2v) is 11.0. The lowest BCUT2D eigenvalue weighted by molar-refractivity contribution is -0.142. The standard InChI is InChI=1S/C22H29N8O4P/c1-14(10-30-12-27-18-19(24)25-11-26-20(18)30)34-13-35(33,29-22(3,4)21(31)32)28-15(2)17-7-5-16(9-23)6-8-17/h5-8,11-12,14-15H,10,13H2,1-4H3,(H,31,32)(H2,24,25,26)(H2,28,29,33)/t14-,15-,35?/m1/s1. The Kier molecular flexibility index (Phi) is 7.87. The number of aliphatic carboxylic acids is 1. The van der Waals surface area contributed by atoms with Crippen LogP contribution in [0.4, 0.5) is 5.82 Å². The molecule has 1 aromatic carbocycles. The van der Waals surface area contributed by atoms with Crippen molar-refractivity contribution in [3.05, 3.63) is 48.0 Å². The number of carboxylic acid groups (broad SMARTS) is 1. The van der Waals surface area contributed by atoms with Crippen molar-refractivity contribution in [2.45, 2.75) is 51.9 Å². The molecule has 186 valence electrons. The number of imidazole rings is 1. The van der Waals surface area contributed by atoms with Crippen LogP contribution in [0.15, 0.2) is 36.9 Å². The molecule has 0 saturated heterocycles. The van der Waals surface area contributed by atoms with Gasteiger partial charge in [0.2, 0.25) is 7.44 Å². The van der Waals surface area contributed by atoms with E-state index in [1.165, 1.54) is 20.2 Å². The monoisotopic (exact) mass is 500 g/mol. The first kappa shape index (κ1) is 26.2. The lowest BCUT2D eigenvalue weighted by atomic mass is 10.1. The van der Waals surface area contributed by atoms with Gasteiger partial charge in [-0.15, -0.1) is 0 Å². The zero-order chi connectivity index (χ0) is 25.8. The summed E-state index contributed by atoms with van der Waals surface area (Å²) in [5.41, 5.74) is 6.68. The summed E-state index contributed by atoms with van der Waals surface area (Å²) in [6, 6.07) is 8.48. The van der Waals surface area contributed by atoms with Gasteiger partial charge in [-0.05, 0) is 45.4 Å². The molecule has 2 heterocycles. The molecule has 0 aliphatic rings. The highest BCUT2D eigenvalue weighted by Gasteiger charge is 2.37. The van der Waals surface area contributed by atoms with Crippen molar-refractivity contribution in [3.8, 4) is 6.07 Å². The normalized spacial score (nSPS) is 15.3. The average Bonchev–Trinajstić information content (AvgIpc) is 3.21. The van der Waals surface area contributed by atoms with Crippen LogP contribution in [-0.2, 0) is 20.6 Å². The zero-order valence-corrected chi connectivity index (χ0v) is 20.9. The van der Waals surface area contributed by atoms with Crippen molar-refractivity contribution in [1.29, 1.82) is 5.26 Å². The third kappa shape index (κ3) is 6.41. The first-order chi connectivity index (χ1) is 16.4. The molecule has 3 rings (SSSR count). The number of hydrogen-bond donors (Lipinski definition) is 4. The molecule has 3 aromatic rings. The molecule has 3 atom stereocenters. The Hall–Kier alpha value is -3.36. The smallest absolute Gasteiger partial charge is 0.323 e. The van der Waals surface area contributed by atoms with Crippen LogP contribution in [0.3, 0.4) is 0 Å². The van der Waals surface area contributed by atoms with E-state index < -0.39 is 31.1 Å². The third-order valence-corrected chi connectivity index (χ3v) is 7.60. The van der Waals surface area contributed by atoms with Crippen molar-refractivity contribution >= 4 is 30.4 Å². The van der Waals surface area contributed by atoms with E-state index in [0.29, 0.717) is 23.3 Å². The summed E-state index contributed by atoms with van der Waals surface area (Å²) in [5.74, 6) is -0.881. The van der Waals surface area contributed by atoms with Crippen LogP contribution in [0.5, 0.6) is 0 Å². The van der Waals surface area contributed by atoms with E-state index in [1.54, 1.807) is 49.0 Å². The molecular formula is C22H29N8O4P. The van der Waals surface area contributed by atoms with Crippen molar-refractivity contribution in [2.75, 3.05) is 12.1 Å². The Morgan fingerprint density at radius 1 is 1.29 bits per heavy atom. The summed E-state index contributed by atoms with van der Waals surface area (Å²) in [6.07, 6.45) is 2.24. The number of nitrogens with two attached hydrogens (primary N) is 1. The first-order valence-corrected chi connectivity index (χ1v) is 12.8. The summed E-state index contributed by atoms with van der Waals surface area (Å²) in [5, 5.41) is 24.4. The predicted molar refractivity (Wildman–Crippen MR) is 130 cm³/mol. The molecule has 13 heteroatoms. The number of carboxylic acids is 1. The molecule has 0 spiro atoms. The maximum absolute atomic E-state index is 13.9. The highest BCUT2D eigenvalue weighted by molar-refractivity contribution is 7.59. The van der Waals surface area contributed by atoms with Gasteiger partial charge >= 0.3 is 5.97 Å². The van der Waals surface area contributed by atoms with Crippen molar-refractivity contribution < 1.29 is 19.2 Å². The minimum absolute atomic E-state index is 0.269. The SMILES string of the molecule is C[C@H](Cn1cnc2c(N)ncnc21)OCP(=O)(N[C@H](C)c1ccc(C#N)cc1)NC(C)(C)C(=O)O. The average molecular weight is 501 g/mol. The number of nitrogen functional groups attached to an aromatic ring is 1. The van der Waals surface area contributed by atoms with Gasteiger partial charge in [0.1, 0.15) is 23.7 Å². The van der Waals surface area contributed by atoms with Crippen LogP contribution < -0.4 is 15.9 Å². The van der Waals surface area contributed by atoms with Crippen LogP contribution in [-0.4, -0.2) is 48.6 Å². The first-order valence-electron chi connectivity index (χ1n) is 10.9. The number of hydrogen-bond acceptors (Lipinski definition) is 8. The van der Waals surface area contributed by atoms with Gasteiger partial charge in [0.05, 0.1) is 30.6 Å². The van der Waals surface area contributed by atoms with E-state index in [0.717, 1.165) is 5.56 Å². The number of ether oxygens (including phenoxy) is 1. The van der Waals surface area contributed by atoms with Crippen LogP contribution in [0, 0.1) is 11.3 Å². The fourth-order valence-electron chi connectivity index (χ4n) is 3.43. The molecule has 35 heavy (non-hydrogen) atoms. The Morgan fingerprint density at radius 3 is 2.60 bits per heavy atom. The lowest BCUT2D eigenvalue weighted by Crippen LogP contribution is -2.47. The Balaban J connectivity index is 1.75. The van der Waals surface area contributed by atoms with Crippen molar-refractivity contribution in [3.63, 3.8) is 0 Å². The van der Waals surface area contributed by atoms with Crippen molar-refractivity contribution in [1.82, 2.24) is 29.7 Å². The van der Waals surface area contributed by atoms with Gasteiger partial charge in [0, 0.05) is 6.04 Å². The zero-order valence-electron chi connectivity index (χ0n) is 20.0. The Labute approximate surface area is 203 Å². The summed E-state index contributed by atoms with van der Waals surface area (Å²) in [6.45, 7) is 6.81. The molecule has 2 aromatic heterocycles. The lowest BCUT2D eigenvalue weighted by Gasteiger charge is -2.32. The third-order valence-electron chi connectivity index (χ3n) is 5.36. The van der Waals surface area contributed by atoms with Gasteiger partial charge < -0.3 is 20.1 Å². The Bertz CT molecular complexity index is 1280. The summed E-state index contributed by atoms with van der Waals surface area (Å²) in [7, 11) is -3.57. The van der Waals surface area contributed by atoms with E-state index in [-0.39, 0.29) is 12.2 Å². The van der Waals surface area contributed by atoms with E-state index in [9.17, 15) is 14.5 Å². The maximum Gasteiger partial charge on any atom is 0.323 e. The maximum atomic E-state index is 13.9. The number of fused-ring (bicyclic) bond motifs is 1. The highest BCUT2D eigenvalue weighted by Crippen LogP contribution is 2.42. The minimum Gasteiger partial charge on any atom is -0.480 e. The van der Waals surface area contributed by atoms with Gasteiger partial charge in [-0.1, -0.05) is 12.1 Å². The summed E-state index contributed by atoms with van der Waals surface area (Å²) >= 11 is 0. The fourth-order valence-corrected chi connectivity index (χ4v) is 5.87. The largest absolute Gasteiger partial charge is 0.480 e. The number of rotatable bonds is 11. The summed E-state index contributed by atoms with van der Waals surface area (Å²) in [4.78, 5) is 24.1. The molecule has 0 aliphatic carbocycles. The molecule has 0 saturated carbocycles. The van der Waals surface area contributed by atoms with Crippen LogP contribution in [0.25, 0.3) is 11.2 Å². The van der Waals surface area contributed by atoms with E-state index >= 15 is 0 Å². The van der Waals surface area contributed by atoms with Crippen LogP contribution in [0.1, 0.15) is 44.9 Å². The summed E-state index contributed by atoms with van der Waals surface area (Å²) < 4.78 is 21.6. The molecule has 0 amide bonds. The highest BCUT2D eigenvalue weighted by atomic mass is 31.2. The van der Waals surface area contributed by atoms with Gasteiger partial charge in [-0.25, -0.2) is 25.1 Å². The van der Waals surface area contributed by atoms with Gasteiger partial charge in [-0.2, -0.15) is 5.26 Å². The molecule has 1 unspecified atom stereocenters. The van der Waals surface area contributed by atoms with E-state index in [2.05, 4.69) is 31.2 Å². The topological polar surface area (TPSA) is 181 Å². The van der Waals surface area contributed by atoms with E-state index in [1.807, 2.05) is 0 Å². The number of nitrogens with zero attached hydrogens (tertiary/aromatic N) is 5. The molecule has 0 fully saturated rings. The van der Waals surface area contributed by atoms with Gasteiger partial charge in [0.25, 0.3) is 0 Å². The Morgan fingerprint density at radius 2 is 1.97 bits per heavy atom. The number of carbonyl (C=O) groups is 1. The molecule has 0 bridgehead atoms. The van der Waals surface area contributed by atoms with Gasteiger partial charge in [0.15, 0.2) is 11.5 Å².